The van der Waals surface area contributed by atoms with Crippen molar-refractivity contribution in [3.8, 4) is 0 Å². The second-order valence-electron chi connectivity index (χ2n) is 8.88. The molecule has 0 unspecified atom stereocenters. The van der Waals surface area contributed by atoms with Crippen molar-refractivity contribution in [3.05, 3.63) is 86.7 Å². The van der Waals surface area contributed by atoms with Crippen LogP contribution in [0.15, 0.2) is 58.4 Å². The molecule has 2 fully saturated rings. The molecule has 2 aromatic carbocycles. The predicted molar refractivity (Wildman–Crippen MR) is 118 cm³/mol. The van der Waals surface area contributed by atoms with Gasteiger partial charge in [0.05, 0.1) is 17.3 Å². The summed E-state index contributed by atoms with van der Waals surface area (Å²) in [5.74, 6) is 1.95. The molecule has 1 aromatic heterocycles. The molecule has 3 nitrogen and oxygen atoms in total. The first-order valence-electron chi connectivity index (χ1n) is 10.6. The van der Waals surface area contributed by atoms with E-state index in [1.165, 1.54) is 37.0 Å². The first-order valence-corrected chi connectivity index (χ1v) is 11.8. The highest BCUT2D eigenvalue weighted by Gasteiger charge is 2.55. The van der Waals surface area contributed by atoms with Crippen LogP contribution in [0.1, 0.15) is 42.0 Å². The second-order valence-corrected chi connectivity index (χ2v) is 10.5. The number of rotatable bonds is 3. The third kappa shape index (κ3) is 2.89. The normalized spacial score (nSPS) is 29.1. The quantitative estimate of drug-likeness (QED) is 0.569. The minimum Gasteiger partial charge on any atom is -0.308 e. The topological polar surface area (TPSA) is 37.8 Å². The highest BCUT2D eigenvalue weighted by molar-refractivity contribution is 8.00. The van der Waals surface area contributed by atoms with Gasteiger partial charge in [0.1, 0.15) is 5.82 Å². The summed E-state index contributed by atoms with van der Waals surface area (Å²) >= 11 is 8.06. The van der Waals surface area contributed by atoms with Crippen molar-refractivity contribution in [2.45, 2.75) is 42.0 Å². The van der Waals surface area contributed by atoms with Crippen molar-refractivity contribution in [2.75, 3.05) is 0 Å². The van der Waals surface area contributed by atoms with E-state index >= 15 is 0 Å². The second kappa shape index (κ2) is 7.03. The number of thioether (sulfide) groups is 1. The molecule has 6 heteroatoms. The maximum atomic E-state index is 13.3. The fourth-order valence-electron chi connectivity index (χ4n) is 6.03. The molecule has 5 atom stereocenters. The van der Waals surface area contributed by atoms with E-state index in [2.05, 4.69) is 17.1 Å². The molecule has 0 saturated heterocycles. The average Bonchev–Trinajstić information content (AvgIpc) is 3.43. The summed E-state index contributed by atoms with van der Waals surface area (Å²) in [4.78, 5) is 16.2. The zero-order chi connectivity index (χ0) is 20.4. The smallest absolute Gasteiger partial charge is 0.308 e. The molecule has 0 spiro atoms. The van der Waals surface area contributed by atoms with E-state index in [1.807, 2.05) is 28.5 Å². The lowest BCUT2D eigenvalue weighted by molar-refractivity contribution is 0.301. The number of aromatic nitrogens is 2. The van der Waals surface area contributed by atoms with Gasteiger partial charge in [-0.2, -0.15) is 0 Å². The molecular weight excluding hydrogens is 419 g/mol. The first-order chi connectivity index (χ1) is 14.6. The van der Waals surface area contributed by atoms with E-state index in [1.54, 1.807) is 12.1 Å². The third-order valence-electron chi connectivity index (χ3n) is 7.29. The number of fused-ring (bicyclic) bond motifs is 6. The van der Waals surface area contributed by atoms with Crippen molar-refractivity contribution in [2.24, 2.45) is 17.8 Å². The number of halogens is 2. The fraction of sp³-hybridized carbons (Fsp3) is 0.375. The largest absolute Gasteiger partial charge is 0.326 e. The summed E-state index contributed by atoms with van der Waals surface area (Å²) in [5, 5.41) is 2.33. The van der Waals surface area contributed by atoms with Gasteiger partial charge >= 0.3 is 5.69 Å². The van der Waals surface area contributed by atoms with Crippen molar-refractivity contribution >= 4 is 23.4 Å². The fourth-order valence-corrected chi connectivity index (χ4v) is 7.97. The highest BCUT2D eigenvalue weighted by Crippen LogP contribution is 2.63. The molecule has 3 aliphatic rings. The molecule has 2 heterocycles. The molecule has 1 aliphatic heterocycles. The zero-order valence-corrected chi connectivity index (χ0v) is 17.9. The Hall–Kier alpha value is -1.98. The van der Waals surface area contributed by atoms with E-state index in [4.69, 9.17) is 11.6 Å². The van der Waals surface area contributed by atoms with Crippen molar-refractivity contribution < 1.29 is 4.39 Å². The maximum absolute atomic E-state index is 13.3. The van der Waals surface area contributed by atoms with E-state index in [-0.39, 0.29) is 17.4 Å². The molecule has 2 bridgehead atoms. The van der Waals surface area contributed by atoms with Crippen LogP contribution in [0.4, 0.5) is 4.39 Å². The summed E-state index contributed by atoms with van der Waals surface area (Å²) in [5.41, 5.74) is 3.13. The van der Waals surface area contributed by atoms with Crippen molar-refractivity contribution in [3.63, 3.8) is 0 Å². The molecule has 2 aliphatic carbocycles. The number of H-pyrrole nitrogens is 1. The lowest BCUT2D eigenvalue weighted by atomic mass is 9.74. The van der Waals surface area contributed by atoms with Gasteiger partial charge in [0.15, 0.2) is 0 Å². The Kier molecular flexibility index (Phi) is 4.40. The number of aromatic amines is 1. The van der Waals surface area contributed by atoms with Crippen LogP contribution in [0.2, 0.25) is 5.02 Å². The number of imidazole rings is 1. The van der Waals surface area contributed by atoms with Gasteiger partial charge in [0, 0.05) is 16.2 Å². The van der Waals surface area contributed by atoms with Crippen LogP contribution in [0.3, 0.4) is 0 Å². The van der Waals surface area contributed by atoms with Gasteiger partial charge in [-0.25, -0.2) is 9.18 Å². The Labute approximate surface area is 183 Å². The van der Waals surface area contributed by atoms with Crippen LogP contribution in [0.25, 0.3) is 0 Å². The van der Waals surface area contributed by atoms with E-state index in [9.17, 15) is 9.18 Å². The summed E-state index contributed by atoms with van der Waals surface area (Å²) < 4.78 is 15.2. The SMILES string of the molecule is O=c1[nH]c2c(n1Cc1ccc(F)cc1)S[C@@H]1[C@H]3CC[C@@H](C3)[C@H]1[C@@H]2c1ccc(Cl)cc1. The minimum atomic E-state index is -0.260. The molecule has 0 radical (unpaired) electrons. The number of hydrogen-bond donors (Lipinski definition) is 1. The van der Waals surface area contributed by atoms with Gasteiger partial charge in [0.25, 0.3) is 0 Å². The zero-order valence-electron chi connectivity index (χ0n) is 16.4. The number of hydrogen-bond acceptors (Lipinski definition) is 2. The van der Waals surface area contributed by atoms with E-state index in [0.717, 1.165) is 33.1 Å². The summed E-state index contributed by atoms with van der Waals surface area (Å²) in [6, 6.07) is 14.6. The molecular formula is C24H22ClFN2OS. The molecule has 1 N–H and O–H groups in total. The van der Waals surface area contributed by atoms with Crippen LogP contribution < -0.4 is 5.69 Å². The van der Waals surface area contributed by atoms with Gasteiger partial charge in [-0.1, -0.05) is 35.9 Å². The Bertz CT molecular complexity index is 1150. The Morgan fingerprint density at radius 1 is 1.07 bits per heavy atom. The maximum Gasteiger partial charge on any atom is 0.326 e. The Morgan fingerprint density at radius 2 is 1.80 bits per heavy atom. The van der Waals surface area contributed by atoms with E-state index < -0.39 is 0 Å². The Morgan fingerprint density at radius 3 is 2.57 bits per heavy atom. The molecule has 0 amide bonds. The lowest BCUT2D eigenvalue weighted by Gasteiger charge is -2.40. The van der Waals surface area contributed by atoms with Gasteiger partial charge in [-0.05, 0) is 72.4 Å². The summed E-state index contributed by atoms with van der Waals surface area (Å²) in [6.45, 7) is 0.455. The van der Waals surface area contributed by atoms with E-state index in [0.29, 0.717) is 17.7 Å². The molecule has 30 heavy (non-hydrogen) atoms. The minimum absolute atomic E-state index is 0.0805. The average molecular weight is 441 g/mol. The third-order valence-corrected chi connectivity index (χ3v) is 9.18. The number of nitrogens with one attached hydrogen (secondary N) is 1. The standard InChI is InChI=1S/C24H22ClFN2OS/c25-17-7-5-14(6-8-17)19-20-15-3-4-16(11-15)22(20)30-23-21(19)27-24(29)28(23)12-13-1-9-18(26)10-2-13/h1-2,5-10,15-16,19-20,22H,3-4,11-12H2,(H,27,29)/t15-,16-,19-,20-,22+/m0/s1. The summed E-state index contributed by atoms with van der Waals surface area (Å²) in [6.07, 6.45) is 3.90. The monoisotopic (exact) mass is 440 g/mol. The van der Waals surface area contributed by atoms with Crippen LogP contribution >= 0.6 is 23.4 Å². The predicted octanol–water partition coefficient (Wildman–Crippen LogP) is 5.67. The first kappa shape index (κ1) is 18.8. The highest BCUT2D eigenvalue weighted by atomic mass is 35.5. The van der Waals surface area contributed by atoms with Gasteiger partial charge in [0.2, 0.25) is 0 Å². The van der Waals surface area contributed by atoms with Crippen molar-refractivity contribution in [1.82, 2.24) is 9.55 Å². The molecule has 6 rings (SSSR count). The van der Waals surface area contributed by atoms with Crippen LogP contribution in [0, 0.1) is 23.6 Å². The molecule has 2 saturated carbocycles. The van der Waals surface area contributed by atoms with Gasteiger partial charge in [-0.15, -0.1) is 11.8 Å². The van der Waals surface area contributed by atoms with Crippen LogP contribution in [0.5, 0.6) is 0 Å². The van der Waals surface area contributed by atoms with Crippen molar-refractivity contribution in [1.29, 1.82) is 0 Å². The number of nitrogens with zero attached hydrogens (tertiary/aromatic N) is 1. The van der Waals surface area contributed by atoms with Crippen LogP contribution in [-0.2, 0) is 6.54 Å². The van der Waals surface area contributed by atoms with Gasteiger partial charge < -0.3 is 4.98 Å². The lowest BCUT2D eigenvalue weighted by Crippen LogP contribution is -2.34. The number of benzene rings is 2. The summed E-state index contributed by atoms with van der Waals surface area (Å²) in [7, 11) is 0. The van der Waals surface area contributed by atoms with Crippen LogP contribution in [-0.4, -0.2) is 14.8 Å². The molecule has 3 aromatic rings. The van der Waals surface area contributed by atoms with Gasteiger partial charge in [-0.3, -0.25) is 4.57 Å². The molecule has 154 valence electrons. The Balaban J connectivity index is 1.47.